The molecule has 1 aromatic rings. The number of ether oxygens (including phenoxy) is 1. The zero-order valence-corrected chi connectivity index (χ0v) is 10.7. The van der Waals surface area contributed by atoms with Crippen molar-refractivity contribution >= 4 is 5.69 Å². The zero-order valence-electron chi connectivity index (χ0n) is 10.7. The van der Waals surface area contributed by atoms with Gasteiger partial charge in [0.1, 0.15) is 5.75 Å². The van der Waals surface area contributed by atoms with E-state index in [2.05, 4.69) is 30.4 Å². The average molecular weight is 234 g/mol. The van der Waals surface area contributed by atoms with E-state index < -0.39 is 0 Å². The molecule has 0 amide bonds. The SMILES string of the molecule is COc1cc(C)ccc1NC1CCC(N)CC1. The summed E-state index contributed by atoms with van der Waals surface area (Å²) < 4.78 is 5.40. The molecule has 3 nitrogen and oxygen atoms in total. The van der Waals surface area contributed by atoms with Crippen LogP contribution in [0.2, 0.25) is 0 Å². The number of hydrogen-bond acceptors (Lipinski definition) is 3. The van der Waals surface area contributed by atoms with Crippen molar-refractivity contribution in [1.82, 2.24) is 0 Å². The topological polar surface area (TPSA) is 47.3 Å². The molecule has 0 heterocycles. The number of nitrogens with one attached hydrogen (secondary N) is 1. The molecular formula is C14H22N2O. The first kappa shape index (κ1) is 12.2. The van der Waals surface area contributed by atoms with E-state index in [0.717, 1.165) is 37.1 Å². The van der Waals surface area contributed by atoms with Crippen LogP contribution >= 0.6 is 0 Å². The summed E-state index contributed by atoms with van der Waals surface area (Å²) in [4.78, 5) is 0. The lowest BCUT2D eigenvalue weighted by atomic mass is 9.91. The maximum atomic E-state index is 5.91. The van der Waals surface area contributed by atoms with Crippen LogP contribution in [0.5, 0.6) is 5.75 Å². The molecule has 1 aliphatic rings. The lowest BCUT2D eigenvalue weighted by molar-refractivity contribution is 0.401. The molecule has 0 aromatic heterocycles. The Morgan fingerprint density at radius 2 is 1.94 bits per heavy atom. The second-order valence-corrected chi connectivity index (χ2v) is 4.96. The van der Waals surface area contributed by atoms with Crippen molar-refractivity contribution in [2.75, 3.05) is 12.4 Å². The Morgan fingerprint density at radius 3 is 2.59 bits per heavy atom. The molecule has 0 bridgehead atoms. The predicted octanol–water partition coefficient (Wildman–Crippen LogP) is 2.69. The van der Waals surface area contributed by atoms with Crippen LogP contribution in [-0.2, 0) is 0 Å². The molecule has 1 fully saturated rings. The molecule has 1 aliphatic carbocycles. The van der Waals surface area contributed by atoms with Crippen LogP contribution in [-0.4, -0.2) is 19.2 Å². The van der Waals surface area contributed by atoms with Crippen molar-refractivity contribution in [3.63, 3.8) is 0 Å². The Hall–Kier alpha value is -1.22. The highest BCUT2D eigenvalue weighted by atomic mass is 16.5. The highest BCUT2D eigenvalue weighted by Crippen LogP contribution is 2.28. The van der Waals surface area contributed by atoms with E-state index >= 15 is 0 Å². The number of anilines is 1. The summed E-state index contributed by atoms with van der Waals surface area (Å²) in [5.74, 6) is 0.930. The molecule has 3 N–H and O–H groups in total. The van der Waals surface area contributed by atoms with Gasteiger partial charge in [-0.15, -0.1) is 0 Å². The van der Waals surface area contributed by atoms with Gasteiger partial charge in [-0.25, -0.2) is 0 Å². The predicted molar refractivity (Wildman–Crippen MR) is 71.6 cm³/mol. The third kappa shape index (κ3) is 3.13. The van der Waals surface area contributed by atoms with Gasteiger partial charge in [0, 0.05) is 12.1 Å². The molecule has 0 unspecified atom stereocenters. The van der Waals surface area contributed by atoms with Gasteiger partial charge in [0.25, 0.3) is 0 Å². The fraction of sp³-hybridized carbons (Fsp3) is 0.571. The van der Waals surface area contributed by atoms with E-state index in [1.165, 1.54) is 5.56 Å². The maximum Gasteiger partial charge on any atom is 0.142 e. The highest BCUT2D eigenvalue weighted by Gasteiger charge is 2.19. The van der Waals surface area contributed by atoms with Crippen LogP contribution in [0.3, 0.4) is 0 Å². The Bertz CT molecular complexity index is 370. The van der Waals surface area contributed by atoms with Crippen molar-refractivity contribution < 1.29 is 4.74 Å². The molecule has 1 aromatic carbocycles. The maximum absolute atomic E-state index is 5.91. The van der Waals surface area contributed by atoms with Crippen LogP contribution in [0.4, 0.5) is 5.69 Å². The lowest BCUT2D eigenvalue weighted by Crippen LogP contribution is -2.32. The van der Waals surface area contributed by atoms with Gasteiger partial charge in [0.05, 0.1) is 12.8 Å². The zero-order chi connectivity index (χ0) is 12.3. The molecule has 0 spiro atoms. The molecular weight excluding hydrogens is 212 g/mol. The second kappa shape index (κ2) is 5.41. The van der Waals surface area contributed by atoms with Gasteiger partial charge in [-0.3, -0.25) is 0 Å². The van der Waals surface area contributed by atoms with Crippen LogP contribution in [0.15, 0.2) is 18.2 Å². The number of methoxy groups -OCH3 is 1. The van der Waals surface area contributed by atoms with Gasteiger partial charge in [-0.2, -0.15) is 0 Å². The van der Waals surface area contributed by atoms with E-state index in [1.807, 2.05) is 0 Å². The number of rotatable bonds is 3. The number of hydrogen-bond donors (Lipinski definition) is 2. The van der Waals surface area contributed by atoms with Crippen molar-refractivity contribution in [1.29, 1.82) is 0 Å². The van der Waals surface area contributed by atoms with E-state index in [0.29, 0.717) is 12.1 Å². The summed E-state index contributed by atoms with van der Waals surface area (Å²) >= 11 is 0. The Morgan fingerprint density at radius 1 is 1.24 bits per heavy atom. The summed E-state index contributed by atoms with van der Waals surface area (Å²) in [6, 6.07) is 7.21. The minimum absolute atomic E-state index is 0.396. The molecule has 0 atom stereocenters. The van der Waals surface area contributed by atoms with Crippen LogP contribution in [0.1, 0.15) is 31.2 Å². The molecule has 0 saturated heterocycles. The van der Waals surface area contributed by atoms with Crippen LogP contribution in [0.25, 0.3) is 0 Å². The highest BCUT2D eigenvalue weighted by molar-refractivity contribution is 5.58. The minimum atomic E-state index is 0.396. The second-order valence-electron chi connectivity index (χ2n) is 4.96. The largest absolute Gasteiger partial charge is 0.495 e. The molecule has 2 rings (SSSR count). The van der Waals surface area contributed by atoms with Gasteiger partial charge in [-0.1, -0.05) is 6.07 Å². The van der Waals surface area contributed by atoms with Gasteiger partial charge >= 0.3 is 0 Å². The van der Waals surface area contributed by atoms with Crippen molar-refractivity contribution in [3.8, 4) is 5.75 Å². The van der Waals surface area contributed by atoms with Crippen LogP contribution < -0.4 is 15.8 Å². The summed E-state index contributed by atoms with van der Waals surface area (Å²) in [5.41, 5.74) is 8.23. The van der Waals surface area contributed by atoms with Crippen LogP contribution in [0, 0.1) is 6.92 Å². The third-order valence-electron chi connectivity index (χ3n) is 3.49. The number of nitrogens with two attached hydrogens (primary N) is 1. The van der Waals surface area contributed by atoms with E-state index in [4.69, 9.17) is 10.5 Å². The minimum Gasteiger partial charge on any atom is -0.495 e. The first-order chi connectivity index (χ1) is 8.19. The number of aryl methyl sites for hydroxylation is 1. The smallest absolute Gasteiger partial charge is 0.142 e. The van der Waals surface area contributed by atoms with E-state index in [1.54, 1.807) is 7.11 Å². The van der Waals surface area contributed by atoms with Crippen molar-refractivity contribution in [2.24, 2.45) is 5.73 Å². The Labute approximate surface area is 103 Å². The summed E-state index contributed by atoms with van der Waals surface area (Å²) in [6.07, 6.45) is 4.54. The fourth-order valence-electron chi connectivity index (χ4n) is 2.40. The van der Waals surface area contributed by atoms with Crippen molar-refractivity contribution in [3.05, 3.63) is 23.8 Å². The normalized spacial score (nSPS) is 24.4. The van der Waals surface area contributed by atoms with Gasteiger partial charge < -0.3 is 15.8 Å². The first-order valence-electron chi connectivity index (χ1n) is 6.36. The lowest BCUT2D eigenvalue weighted by Gasteiger charge is -2.28. The first-order valence-corrected chi connectivity index (χ1v) is 6.36. The van der Waals surface area contributed by atoms with Gasteiger partial charge in [0.2, 0.25) is 0 Å². The standard InChI is InChI=1S/C14H22N2O/c1-10-3-8-13(14(9-10)17-2)16-12-6-4-11(15)5-7-12/h3,8-9,11-12,16H,4-7,15H2,1-2H3. The molecule has 94 valence electrons. The molecule has 0 radical (unpaired) electrons. The molecule has 1 saturated carbocycles. The summed E-state index contributed by atoms with van der Waals surface area (Å²) in [5, 5.41) is 3.57. The van der Waals surface area contributed by atoms with Crippen molar-refractivity contribution in [2.45, 2.75) is 44.7 Å². The molecule has 3 heteroatoms. The Balaban J connectivity index is 2.03. The van der Waals surface area contributed by atoms with Gasteiger partial charge in [-0.05, 0) is 50.3 Å². The van der Waals surface area contributed by atoms with E-state index in [-0.39, 0.29) is 0 Å². The van der Waals surface area contributed by atoms with E-state index in [9.17, 15) is 0 Å². The summed E-state index contributed by atoms with van der Waals surface area (Å²) in [7, 11) is 1.72. The quantitative estimate of drug-likeness (QED) is 0.845. The average Bonchev–Trinajstić information content (AvgIpc) is 2.34. The number of benzene rings is 1. The molecule has 17 heavy (non-hydrogen) atoms. The molecule has 0 aliphatic heterocycles. The van der Waals surface area contributed by atoms with Gasteiger partial charge in [0.15, 0.2) is 0 Å². The Kier molecular flexibility index (Phi) is 3.89. The fourth-order valence-corrected chi connectivity index (χ4v) is 2.40. The third-order valence-corrected chi connectivity index (χ3v) is 3.49. The monoisotopic (exact) mass is 234 g/mol. The summed E-state index contributed by atoms with van der Waals surface area (Å²) in [6.45, 7) is 2.08.